The molecule has 0 spiro atoms. The molecule has 0 saturated heterocycles. The lowest BCUT2D eigenvalue weighted by Gasteiger charge is -2.15. The molecule has 120 valence electrons. The van der Waals surface area contributed by atoms with Gasteiger partial charge in [-0.1, -0.05) is 43.7 Å². The molecule has 0 bridgehead atoms. The Morgan fingerprint density at radius 2 is 1.70 bits per heavy atom. The van der Waals surface area contributed by atoms with Crippen LogP contribution in [0.3, 0.4) is 0 Å². The van der Waals surface area contributed by atoms with Gasteiger partial charge >= 0.3 is 11.9 Å². The van der Waals surface area contributed by atoms with Crippen molar-refractivity contribution in [3.8, 4) is 11.5 Å². The quantitative estimate of drug-likeness (QED) is 0.785. The van der Waals surface area contributed by atoms with Crippen LogP contribution in [0.15, 0.2) is 54.6 Å². The molecule has 0 heterocycles. The molecule has 0 radical (unpaired) electrons. The van der Waals surface area contributed by atoms with E-state index in [1.54, 1.807) is 36.4 Å². The monoisotopic (exact) mass is 314 g/mol. The molecule has 5 nitrogen and oxygen atoms in total. The summed E-state index contributed by atoms with van der Waals surface area (Å²) in [6.07, 6.45) is -0.285. The molecule has 0 amide bonds. The smallest absolute Gasteiger partial charge is 0.345 e. The number of carboxylic acid groups (broad SMARTS) is 1. The zero-order valence-electron chi connectivity index (χ0n) is 12.8. The van der Waals surface area contributed by atoms with Crippen molar-refractivity contribution in [3.63, 3.8) is 0 Å². The van der Waals surface area contributed by atoms with Gasteiger partial charge in [-0.25, -0.2) is 9.59 Å². The molecule has 2 rings (SSSR count). The molecule has 0 aliphatic heterocycles. The normalized spacial score (nSPS) is 11.5. The van der Waals surface area contributed by atoms with Crippen LogP contribution in [0.5, 0.6) is 11.5 Å². The maximum absolute atomic E-state index is 12.3. The SMILES string of the molecule is CCCC(OC(=O)c1ccccc1Oc1ccccc1)C(=O)O. The zero-order chi connectivity index (χ0) is 16.7. The van der Waals surface area contributed by atoms with Crippen molar-refractivity contribution in [2.24, 2.45) is 0 Å². The van der Waals surface area contributed by atoms with Gasteiger partial charge in [0, 0.05) is 0 Å². The van der Waals surface area contributed by atoms with Crippen LogP contribution in [0, 0.1) is 0 Å². The Balaban J connectivity index is 2.19. The van der Waals surface area contributed by atoms with Crippen molar-refractivity contribution in [3.05, 3.63) is 60.2 Å². The van der Waals surface area contributed by atoms with E-state index in [1.165, 1.54) is 0 Å². The fraction of sp³-hybridized carbons (Fsp3) is 0.222. The van der Waals surface area contributed by atoms with E-state index in [4.69, 9.17) is 14.6 Å². The summed E-state index contributed by atoms with van der Waals surface area (Å²) in [5, 5.41) is 9.10. The Bertz CT molecular complexity index is 666. The van der Waals surface area contributed by atoms with Gasteiger partial charge in [0.05, 0.1) is 0 Å². The van der Waals surface area contributed by atoms with Gasteiger partial charge in [-0.05, 0) is 30.7 Å². The fourth-order valence-corrected chi connectivity index (χ4v) is 2.03. The number of carboxylic acids is 1. The first-order chi connectivity index (χ1) is 11.1. The van der Waals surface area contributed by atoms with Crippen LogP contribution >= 0.6 is 0 Å². The van der Waals surface area contributed by atoms with E-state index in [0.717, 1.165) is 0 Å². The summed E-state index contributed by atoms with van der Waals surface area (Å²) in [5.74, 6) is -0.959. The summed E-state index contributed by atoms with van der Waals surface area (Å²) < 4.78 is 10.8. The molecule has 1 unspecified atom stereocenters. The lowest BCUT2D eigenvalue weighted by Crippen LogP contribution is -2.27. The van der Waals surface area contributed by atoms with E-state index >= 15 is 0 Å². The molecular formula is C18H18O5. The summed E-state index contributed by atoms with van der Waals surface area (Å²) in [4.78, 5) is 23.4. The Hall–Kier alpha value is -2.82. The van der Waals surface area contributed by atoms with Crippen LogP contribution < -0.4 is 4.74 Å². The van der Waals surface area contributed by atoms with Crippen LogP contribution in [0.1, 0.15) is 30.1 Å². The highest BCUT2D eigenvalue weighted by Crippen LogP contribution is 2.26. The van der Waals surface area contributed by atoms with Crippen LogP contribution in [0.25, 0.3) is 0 Å². The number of aliphatic carboxylic acids is 1. The lowest BCUT2D eigenvalue weighted by atomic mass is 10.2. The maximum atomic E-state index is 12.3. The number of ether oxygens (including phenoxy) is 2. The summed E-state index contributed by atoms with van der Waals surface area (Å²) >= 11 is 0. The topological polar surface area (TPSA) is 72.8 Å². The highest BCUT2D eigenvalue weighted by Gasteiger charge is 2.24. The van der Waals surface area contributed by atoms with Gasteiger partial charge < -0.3 is 14.6 Å². The molecular weight excluding hydrogens is 296 g/mol. The van der Waals surface area contributed by atoms with Crippen molar-refractivity contribution in [1.29, 1.82) is 0 Å². The fourth-order valence-electron chi connectivity index (χ4n) is 2.03. The lowest BCUT2D eigenvalue weighted by molar-refractivity contribution is -0.147. The Labute approximate surface area is 134 Å². The number of esters is 1. The third kappa shape index (κ3) is 4.57. The third-order valence-electron chi connectivity index (χ3n) is 3.15. The Kier molecular flexibility index (Phi) is 5.74. The average molecular weight is 314 g/mol. The zero-order valence-corrected chi connectivity index (χ0v) is 12.8. The number of hydrogen-bond acceptors (Lipinski definition) is 4. The van der Waals surface area contributed by atoms with E-state index < -0.39 is 18.0 Å². The molecule has 0 aromatic heterocycles. The second-order valence-corrected chi connectivity index (χ2v) is 4.93. The molecule has 1 N–H and O–H groups in total. The highest BCUT2D eigenvalue weighted by molar-refractivity contribution is 5.94. The predicted octanol–water partition coefficient (Wildman–Crippen LogP) is 3.89. The largest absolute Gasteiger partial charge is 0.479 e. The Morgan fingerprint density at radius 3 is 2.35 bits per heavy atom. The standard InChI is InChI=1S/C18H18O5/c1-2-8-16(17(19)20)23-18(21)14-11-6-7-12-15(14)22-13-9-4-3-5-10-13/h3-7,9-12,16H,2,8H2,1H3,(H,19,20). The van der Waals surface area contributed by atoms with Crippen molar-refractivity contribution < 1.29 is 24.2 Å². The van der Waals surface area contributed by atoms with Gasteiger partial charge in [0.25, 0.3) is 0 Å². The van der Waals surface area contributed by atoms with Crippen molar-refractivity contribution in [1.82, 2.24) is 0 Å². The summed E-state index contributed by atoms with van der Waals surface area (Å²) in [5.41, 5.74) is 0.193. The van der Waals surface area contributed by atoms with Crippen molar-refractivity contribution >= 4 is 11.9 Å². The molecule has 2 aromatic carbocycles. The molecule has 2 aromatic rings. The molecule has 1 atom stereocenters. The first-order valence-electron chi connectivity index (χ1n) is 7.37. The summed E-state index contributed by atoms with van der Waals surface area (Å²) in [6.45, 7) is 1.83. The van der Waals surface area contributed by atoms with Crippen LogP contribution in [-0.2, 0) is 9.53 Å². The molecule has 0 fully saturated rings. The van der Waals surface area contributed by atoms with Gasteiger partial charge in [0.2, 0.25) is 0 Å². The van der Waals surface area contributed by atoms with Crippen molar-refractivity contribution in [2.45, 2.75) is 25.9 Å². The number of carbonyl (C=O) groups excluding carboxylic acids is 1. The van der Waals surface area contributed by atoms with Crippen LogP contribution in [-0.4, -0.2) is 23.1 Å². The second kappa shape index (κ2) is 7.98. The molecule has 0 saturated carbocycles. The molecule has 5 heteroatoms. The average Bonchev–Trinajstić information content (AvgIpc) is 2.55. The minimum Gasteiger partial charge on any atom is -0.479 e. The summed E-state index contributed by atoms with van der Waals surface area (Å²) in [7, 11) is 0. The number of hydrogen-bond donors (Lipinski definition) is 1. The Morgan fingerprint density at radius 1 is 1.04 bits per heavy atom. The minimum atomic E-state index is -1.16. The highest BCUT2D eigenvalue weighted by atomic mass is 16.6. The number of carbonyl (C=O) groups is 2. The van der Waals surface area contributed by atoms with E-state index in [2.05, 4.69) is 0 Å². The number of para-hydroxylation sites is 2. The number of benzene rings is 2. The van der Waals surface area contributed by atoms with E-state index in [1.807, 2.05) is 25.1 Å². The molecule has 23 heavy (non-hydrogen) atoms. The van der Waals surface area contributed by atoms with E-state index in [9.17, 15) is 9.59 Å². The number of rotatable bonds is 7. The molecule has 0 aliphatic rings. The van der Waals surface area contributed by atoms with Gasteiger partial charge in [-0.2, -0.15) is 0 Å². The molecule has 0 aliphatic carbocycles. The van der Waals surface area contributed by atoms with E-state index in [-0.39, 0.29) is 12.0 Å². The summed E-state index contributed by atoms with van der Waals surface area (Å²) in [6, 6.07) is 15.6. The van der Waals surface area contributed by atoms with Crippen LogP contribution in [0.2, 0.25) is 0 Å². The first-order valence-corrected chi connectivity index (χ1v) is 7.37. The maximum Gasteiger partial charge on any atom is 0.345 e. The van der Waals surface area contributed by atoms with E-state index in [0.29, 0.717) is 17.9 Å². The van der Waals surface area contributed by atoms with Gasteiger partial charge in [0.1, 0.15) is 17.1 Å². The minimum absolute atomic E-state index is 0.193. The van der Waals surface area contributed by atoms with Gasteiger partial charge in [0.15, 0.2) is 6.10 Å². The van der Waals surface area contributed by atoms with Crippen molar-refractivity contribution in [2.75, 3.05) is 0 Å². The predicted molar refractivity (Wildman–Crippen MR) is 84.7 cm³/mol. The van der Waals surface area contributed by atoms with Gasteiger partial charge in [-0.3, -0.25) is 0 Å². The van der Waals surface area contributed by atoms with Gasteiger partial charge in [-0.15, -0.1) is 0 Å². The third-order valence-corrected chi connectivity index (χ3v) is 3.15. The second-order valence-electron chi connectivity index (χ2n) is 4.93. The van der Waals surface area contributed by atoms with Crippen LogP contribution in [0.4, 0.5) is 0 Å². The first kappa shape index (κ1) is 16.5.